The lowest BCUT2D eigenvalue weighted by Crippen LogP contribution is -2.35. The molecule has 19 heavy (non-hydrogen) atoms. The average molecular weight is 275 g/mol. The second kappa shape index (κ2) is 6.80. The second-order valence-electron chi connectivity index (χ2n) is 4.80. The third-order valence-corrected chi connectivity index (χ3v) is 2.88. The molecular weight excluding hydrogens is 255 g/mol. The fourth-order valence-corrected chi connectivity index (χ4v) is 1.89. The van der Waals surface area contributed by atoms with E-state index in [-0.39, 0.29) is 5.75 Å². The normalized spacial score (nSPS) is 13.6. The molecule has 1 aromatic carbocycles. The van der Waals surface area contributed by atoms with Crippen molar-refractivity contribution in [3.8, 4) is 5.75 Å². The van der Waals surface area contributed by atoms with Gasteiger partial charge in [-0.1, -0.05) is 32.9 Å². The van der Waals surface area contributed by atoms with Crippen LogP contribution in [0, 0.1) is 5.92 Å². The van der Waals surface area contributed by atoms with E-state index in [4.69, 9.17) is 0 Å². The third kappa shape index (κ3) is 5.96. The summed E-state index contributed by atoms with van der Waals surface area (Å²) in [4.78, 5) is 0. The summed E-state index contributed by atoms with van der Waals surface area (Å²) in [6, 6.07) is 6.37. The molecule has 0 amide bonds. The van der Waals surface area contributed by atoms with E-state index in [9.17, 15) is 13.2 Å². The summed E-state index contributed by atoms with van der Waals surface area (Å²) >= 11 is 0. The van der Waals surface area contributed by atoms with Gasteiger partial charge in [0.1, 0.15) is 5.75 Å². The summed E-state index contributed by atoms with van der Waals surface area (Å²) in [5.41, 5.74) is 0.995. The van der Waals surface area contributed by atoms with Crippen LogP contribution in [0.25, 0.3) is 0 Å². The molecule has 5 heteroatoms. The van der Waals surface area contributed by atoms with E-state index in [2.05, 4.69) is 23.9 Å². The predicted octanol–water partition coefficient (Wildman–Crippen LogP) is 3.76. The maximum absolute atomic E-state index is 12.0. The van der Waals surface area contributed by atoms with Gasteiger partial charge in [-0.25, -0.2) is 0 Å². The van der Waals surface area contributed by atoms with Gasteiger partial charge in [0, 0.05) is 6.04 Å². The molecule has 1 rings (SSSR count). The van der Waals surface area contributed by atoms with Gasteiger partial charge in [-0.3, -0.25) is 0 Å². The number of halogens is 3. The topological polar surface area (TPSA) is 21.3 Å². The Balaban J connectivity index is 2.65. The highest BCUT2D eigenvalue weighted by Crippen LogP contribution is 2.23. The average Bonchev–Trinajstić information content (AvgIpc) is 2.29. The molecule has 0 saturated carbocycles. The first-order valence-electron chi connectivity index (χ1n) is 6.40. The van der Waals surface area contributed by atoms with Gasteiger partial charge in [0.15, 0.2) is 0 Å². The first-order chi connectivity index (χ1) is 8.81. The number of alkyl halides is 3. The zero-order valence-corrected chi connectivity index (χ0v) is 11.4. The molecule has 0 spiro atoms. The summed E-state index contributed by atoms with van der Waals surface area (Å²) in [5, 5.41) is 3.37. The molecule has 0 bridgehead atoms. The van der Waals surface area contributed by atoms with E-state index in [1.807, 2.05) is 6.92 Å². The van der Waals surface area contributed by atoms with E-state index in [0.717, 1.165) is 18.5 Å². The number of likely N-dealkylation sites (N-methyl/N-ethyl adjacent to an activating group) is 1. The van der Waals surface area contributed by atoms with E-state index < -0.39 is 6.36 Å². The molecule has 0 fully saturated rings. The molecule has 0 aromatic heterocycles. The number of rotatable bonds is 6. The lowest BCUT2D eigenvalue weighted by Gasteiger charge is -2.22. The molecule has 0 radical (unpaired) electrons. The van der Waals surface area contributed by atoms with Crippen LogP contribution in [0.5, 0.6) is 5.75 Å². The van der Waals surface area contributed by atoms with E-state index in [0.29, 0.717) is 12.0 Å². The summed E-state index contributed by atoms with van der Waals surface area (Å²) in [6.45, 7) is 7.15. The van der Waals surface area contributed by atoms with E-state index in [1.165, 1.54) is 12.1 Å². The SMILES string of the molecule is CCNC(Cc1ccc(OC(F)(F)F)cc1)C(C)C. The van der Waals surface area contributed by atoms with Gasteiger partial charge in [0.05, 0.1) is 0 Å². The van der Waals surface area contributed by atoms with Crippen molar-refractivity contribution in [3.05, 3.63) is 29.8 Å². The van der Waals surface area contributed by atoms with Crippen molar-refractivity contribution >= 4 is 0 Å². The molecule has 0 heterocycles. The van der Waals surface area contributed by atoms with Gasteiger partial charge in [-0.15, -0.1) is 13.2 Å². The van der Waals surface area contributed by atoms with Crippen molar-refractivity contribution in [1.29, 1.82) is 0 Å². The molecule has 1 aromatic rings. The van der Waals surface area contributed by atoms with Crippen molar-refractivity contribution in [2.24, 2.45) is 5.92 Å². The van der Waals surface area contributed by atoms with E-state index in [1.54, 1.807) is 12.1 Å². The highest BCUT2D eigenvalue weighted by atomic mass is 19.4. The summed E-state index contributed by atoms with van der Waals surface area (Å²) < 4.78 is 39.9. The summed E-state index contributed by atoms with van der Waals surface area (Å²) in [5.74, 6) is 0.284. The lowest BCUT2D eigenvalue weighted by molar-refractivity contribution is -0.274. The van der Waals surface area contributed by atoms with Crippen LogP contribution < -0.4 is 10.1 Å². The van der Waals surface area contributed by atoms with Crippen LogP contribution in [0.2, 0.25) is 0 Å². The maximum atomic E-state index is 12.0. The van der Waals surface area contributed by atoms with Crippen molar-refractivity contribution in [2.75, 3.05) is 6.54 Å². The van der Waals surface area contributed by atoms with Crippen LogP contribution in [-0.2, 0) is 6.42 Å². The van der Waals surface area contributed by atoms with Crippen LogP contribution >= 0.6 is 0 Å². The van der Waals surface area contributed by atoms with Crippen LogP contribution in [0.15, 0.2) is 24.3 Å². The van der Waals surface area contributed by atoms with Crippen LogP contribution in [0.4, 0.5) is 13.2 Å². The van der Waals surface area contributed by atoms with Gasteiger partial charge in [-0.2, -0.15) is 0 Å². The van der Waals surface area contributed by atoms with Crippen molar-refractivity contribution in [1.82, 2.24) is 5.32 Å². The zero-order chi connectivity index (χ0) is 14.5. The van der Waals surface area contributed by atoms with Crippen LogP contribution in [-0.4, -0.2) is 18.9 Å². The van der Waals surface area contributed by atoms with Crippen molar-refractivity contribution in [3.63, 3.8) is 0 Å². The molecule has 0 aliphatic rings. The molecule has 0 saturated heterocycles. The van der Waals surface area contributed by atoms with Gasteiger partial charge in [-0.05, 0) is 36.6 Å². The first kappa shape index (κ1) is 15.8. The molecule has 2 nitrogen and oxygen atoms in total. The maximum Gasteiger partial charge on any atom is 0.573 e. The standard InChI is InChI=1S/C14H20F3NO/c1-4-18-13(10(2)3)9-11-5-7-12(8-6-11)19-14(15,16)17/h5-8,10,13,18H,4,9H2,1-3H3. The largest absolute Gasteiger partial charge is 0.573 e. The summed E-state index contributed by atoms with van der Waals surface area (Å²) in [6.07, 6.45) is -3.84. The third-order valence-electron chi connectivity index (χ3n) is 2.88. The second-order valence-corrected chi connectivity index (χ2v) is 4.80. The Morgan fingerprint density at radius 3 is 2.16 bits per heavy atom. The number of hydrogen-bond acceptors (Lipinski definition) is 2. The minimum Gasteiger partial charge on any atom is -0.406 e. The van der Waals surface area contributed by atoms with Crippen LogP contribution in [0.3, 0.4) is 0 Å². The van der Waals surface area contributed by atoms with Gasteiger partial charge in [0.2, 0.25) is 0 Å². The minimum atomic E-state index is -4.63. The summed E-state index contributed by atoms with van der Waals surface area (Å²) in [7, 11) is 0. The number of hydrogen-bond donors (Lipinski definition) is 1. The predicted molar refractivity (Wildman–Crippen MR) is 69.1 cm³/mol. The highest BCUT2D eigenvalue weighted by molar-refractivity contribution is 5.28. The Morgan fingerprint density at radius 2 is 1.74 bits per heavy atom. The van der Waals surface area contributed by atoms with Crippen molar-refractivity contribution < 1.29 is 17.9 Å². The molecule has 1 N–H and O–H groups in total. The lowest BCUT2D eigenvalue weighted by atomic mass is 9.96. The zero-order valence-electron chi connectivity index (χ0n) is 11.4. The number of benzene rings is 1. The fourth-order valence-electron chi connectivity index (χ4n) is 1.89. The first-order valence-corrected chi connectivity index (χ1v) is 6.40. The smallest absolute Gasteiger partial charge is 0.406 e. The molecule has 0 aliphatic carbocycles. The Hall–Kier alpha value is -1.23. The van der Waals surface area contributed by atoms with Crippen molar-refractivity contribution in [2.45, 2.75) is 39.6 Å². The Labute approximate surface area is 112 Å². The molecule has 1 unspecified atom stereocenters. The monoisotopic (exact) mass is 275 g/mol. The number of ether oxygens (including phenoxy) is 1. The molecular formula is C14H20F3NO. The Bertz CT molecular complexity index is 373. The van der Waals surface area contributed by atoms with Gasteiger partial charge >= 0.3 is 6.36 Å². The quantitative estimate of drug-likeness (QED) is 0.853. The Kier molecular flexibility index (Phi) is 5.66. The van der Waals surface area contributed by atoms with Gasteiger partial charge in [0.25, 0.3) is 0 Å². The number of nitrogens with one attached hydrogen (secondary N) is 1. The highest BCUT2D eigenvalue weighted by Gasteiger charge is 2.30. The fraction of sp³-hybridized carbons (Fsp3) is 0.571. The minimum absolute atomic E-state index is 0.180. The van der Waals surface area contributed by atoms with Crippen LogP contribution in [0.1, 0.15) is 26.3 Å². The van der Waals surface area contributed by atoms with E-state index >= 15 is 0 Å². The molecule has 1 atom stereocenters. The molecule has 0 aliphatic heterocycles. The Morgan fingerprint density at radius 1 is 1.16 bits per heavy atom. The molecule has 108 valence electrons. The van der Waals surface area contributed by atoms with Gasteiger partial charge < -0.3 is 10.1 Å².